The minimum atomic E-state index is -1.20. The molecule has 1 aromatic carbocycles. The van der Waals surface area contributed by atoms with Gasteiger partial charge in [0.1, 0.15) is 0 Å². The zero-order valence-corrected chi connectivity index (χ0v) is 12.4. The average Bonchev–Trinajstić information content (AvgIpc) is 2.80. The average molecular weight is 328 g/mol. The molecule has 8 heteroatoms. The Balaban J connectivity index is 2.24. The summed E-state index contributed by atoms with van der Waals surface area (Å²) in [6, 6.07) is 3.09. The van der Waals surface area contributed by atoms with Crippen LogP contribution in [0.3, 0.4) is 0 Å². The van der Waals surface area contributed by atoms with E-state index in [1.165, 1.54) is 35.3 Å². The largest absolute Gasteiger partial charge is 0.479 e. The summed E-state index contributed by atoms with van der Waals surface area (Å²) >= 11 is 11.6. The van der Waals surface area contributed by atoms with E-state index in [2.05, 4.69) is 10.4 Å². The molecule has 0 spiro atoms. The van der Waals surface area contributed by atoms with Crippen molar-refractivity contribution < 1.29 is 14.7 Å². The van der Waals surface area contributed by atoms with E-state index in [0.717, 1.165) is 0 Å². The Morgan fingerprint density at radius 3 is 2.38 bits per heavy atom. The summed E-state index contributed by atoms with van der Waals surface area (Å²) in [7, 11) is 1.65. The topological polar surface area (TPSA) is 84.2 Å². The summed E-state index contributed by atoms with van der Waals surface area (Å²) < 4.78 is 1.45. The SMILES string of the molecule is Cn1cc(C(NC(=O)c2cc(Cl)cc(Cl)c2)C(=O)O)cn1. The second-order valence-electron chi connectivity index (χ2n) is 4.35. The third-order valence-electron chi connectivity index (χ3n) is 2.71. The number of halogens is 2. The van der Waals surface area contributed by atoms with Gasteiger partial charge in [-0.05, 0) is 18.2 Å². The number of carbonyl (C=O) groups is 2. The van der Waals surface area contributed by atoms with Crippen molar-refractivity contribution in [1.82, 2.24) is 15.1 Å². The van der Waals surface area contributed by atoms with Crippen LogP contribution in [0.15, 0.2) is 30.6 Å². The predicted molar refractivity (Wildman–Crippen MR) is 77.5 cm³/mol. The fraction of sp³-hybridized carbons (Fsp3) is 0.154. The Bertz CT molecular complexity index is 679. The molecular weight excluding hydrogens is 317 g/mol. The number of amides is 1. The van der Waals surface area contributed by atoms with Crippen LogP contribution < -0.4 is 5.32 Å². The molecule has 2 rings (SSSR count). The standard InChI is InChI=1S/C13H11Cl2N3O3/c1-18-6-8(5-16-18)11(13(20)21)17-12(19)7-2-9(14)4-10(15)3-7/h2-6,11H,1H3,(H,17,19)(H,20,21). The van der Waals surface area contributed by atoms with Gasteiger partial charge in [-0.3, -0.25) is 9.48 Å². The monoisotopic (exact) mass is 327 g/mol. The summed E-state index contributed by atoms with van der Waals surface area (Å²) in [4.78, 5) is 23.4. The van der Waals surface area contributed by atoms with E-state index in [9.17, 15) is 14.7 Å². The van der Waals surface area contributed by atoms with Gasteiger partial charge in [0.15, 0.2) is 6.04 Å². The molecule has 2 N–H and O–H groups in total. The second-order valence-corrected chi connectivity index (χ2v) is 5.22. The van der Waals surface area contributed by atoms with Crippen molar-refractivity contribution in [3.8, 4) is 0 Å². The maximum Gasteiger partial charge on any atom is 0.331 e. The Morgan fingerprint density at radius 1 is 1.29 bits per heavy atom. The summed E-state index contributed by atoms with van der Waals surface area (Å²) in [5, 5.41) is 16.1. The van der Waals surface area contributed by atoms with Crippen molar-refractivity contribution in [2.45, 2.75) is 6.04 Å². The Kier molecular flexibility index (Phi) is 4.50. The van der Waals surface area contributed by atoms with Gasteiger partial charge in [-0.2, -0.15) is 5.10 Å². The molecule has 1 unspecified atom stereocenters. The molecule has 0 aliphatic heterocycles. The summed E-state index contributed by atoms with van der Waals surface area (Å²) in [5.41, 5.74) is 0.550. The van der Waals surface area contributed by atoms with Crippen molar-refractivity contribution >= 4 is 35.1 Å². The van der Waals surface area contributed by atoms with Crippen molar-refractivity contribution in [1.29, 1.82) is 0 Å². The molecule has 0 fully saturated rings. The normalized spacial score (nSPS) is 12.0. The van der Waals surface area contributed by atoms with E-state index < -0.39 is 17.9 Å². The number of carboxylic acids is 1. The molecule has 1 aromatic heterocycles. The van der Waals surface area contributed by atoms with Gasteiger partial charge < -0.3 is 10.4 Å². The lowest BCUT2D eigenvalue weighted by Crippen LogP contribution is -2.33. The number of carboxylic acid groups (broad SMARTS) is 1. The third-order valence-corrected chi connectivity index (χ3v) is 3.14. The highest BCUT2D eigenvalue weighted by Crippen LogP contribution is 2.20. The molecule has 0 bridgehead atoms. The van der Waals surface area contributed by atoms with Gasteiger partial charge in [0.2, 0.25) is 0 Å². The number of nitrogens with zero attached hydrogens (tertiary/aromatic N) is 2. The van der Waals surface area contributed by atoms with Crippen molar-refractivity contribution in [2.75, 3.05) is 0 Å². The van der Waals surface area contributed by atoms with Gasteiger partial charge in [-0.15, -0.1) is 0 Å². The van der Waals surface area contributed by atoms with Gasteiger partial charge in [0.25, 0.3) is 5.91 Å². The zero-order valence-electron chi connectivity index (χ0n) is 10.9. The van der Waals surface area contributed by atoms with Gasteiger partial charge in [0, 0.05) is 34.4 Å². The smallest absolute Gasteiger partial charge is 0.331 e. The Morgan fingerprint density at radius 2 is 1.90 bits per heavy atom. The molecule has 0 saturated heterocycles. The zero-order chi connectivity index (χ0) is 15.6. The minimum absolute atomic E-state index is 0.183. The number of aryl methyl sites for hydroxylation is 1. The first kappa shape index (κ1) is 15.3. The maximum absolute atomic E-state index is 12.1. The number of hydrogen-bond donors (Lipinski definition) is 2. The number of aliphatic carboxylic acids is 1. The molecule has 21 heavy (non-hydrogen) atoms. The van der Waals surface area contributed by atoms with Gasteiger partial charge in [-0.25, -0.2) is 4.79 Å². The lowest BCUT2D eigenvalue weighted by molar-refractivity contribution is -0.139. The summed E-state index contributed by atoms with van der Waals surface area (Å²) in [6.07, 6.45) is 2.90. The van der Waals surface area contributed by atoms with Crippen LogP contribution in [0.25, 0.3) is 0 Å². The molecule has 0 aliphatic carbocycles. The second kappa shape index (κ2) is 6.15. The predicted octanol–water partition coefficient (Wildman–Crippen LogP) is 2.28. The molecule has 2 aromatic rings. The van der Waals surface area contributed by atoms with Crippen molar-refractivity contribution in [2.24, 2.45) is 7.05 Å². The third kappa shape index (κ3) is 3.74. The van der Waals surface area contributed by atoms with Crippen LogP contribution in [0.4, 0.5) is 0 Å². The van der Waals surface area contributed by atoms with Crippen molar-refractivity contribution in [3.05, 3.63) is 51.8 Å². The maximum atomic E-state index is 12.1. The van der Waals surface area contributed by atoms with Gasteiger partial charge >= 0.3 is 5.97 Å². The Hall–Kier alpha value is -2.05. The lowest BCUT2D eigenvalue weighted by atomic mass is 10.1. The van der Waals surface area contributed by atoms with Crippen LogP contribution in [0, 0.1) is 0 Å². The molecule has 0 aliphatic rings. The van der Waals surface area contributed by atoms with E-state index in [0.29, 0.717) is 15.6 Å². The number of aromatic nitrogens is 2. The number of carbonyl (C=O) groups excluding carboxylic acids is 1. The first-order chi connectivity index (χ1) is 9.86. The number of rotatable bonds is 4. The molecule has 1 amide bonds. The lowest BCUT2D eigenvalue weighted by Gasteiger charge is -2.13. The quantitative estimate of drug-likeness (QED) is 0.902. The molecule has 6 nitrogen and oxygen atoms in total. The van der Waals surface area contributed by atoms with Crippen molar-refractivity contribution in [3.63, 3.8) is 0 Å². The minimum Gasteiger partial charge on any atom is -0.479 e. The van der Waals surface area contributed by atoms with Crippen LogP contribution in [-0.2, 0) is 11.8 Å². The highest BCUT2D eigenvalue weighted by Gasteiger charge is 2.24. The molecular formula is C13H11Cl2N3O3. The van der Waals surface area contributed by atoms with Gasteiger partial charge in [0.05, 0.1) is 6.20 Å². The summed E-state index contributed by atoms with van der Waals surface area (Å²) in [6.45, 7) is 0. The highest BCUT2D eigenvalue weighted by molar-refractivity contribution is 6.35. The number of nitrogens with one attached hydrogen (secondary N) is 1. The summed E-state index contributed by atoms with van der Waals surface area (Å²) in [5.74, 6) is -1.78. The number of hydrogen-bond acceptors (Lipinski definition) is 3. The van der Waals surface area contributed by atoms with Crippen LogP contribution in [0.1, 0.15) is 22.0 Å². The first-order valence-electron chi connectivity index (χ1n) is 5.85. The van der Waals surface area contributed by atoms with Crippen LogP contribution in [-0.4, -0.2) is 26.8 Å². The fourth-order valence-electron chi connectivity index (χ4n) is 1.78. The number of benzene rings is 1. The van der Waals surface area contributed by atoms with E-state index in [1.54, 1.807) is 7.05 Å². The fourth-order valence-corrected chi connectivity index (χ4v) is 2.30. The van der Waals surface area contributed by atoms with E-state index in [4.69, 9.17) is 23.2 Å². The molecule has 1 heterocycles. The molecule has 110 valence electrons. The molecule has 1 atom stereocenters. The van der Waals surface area contributed by atoms with E-state index in [-0.39, 0.29) is 5.56 Å². The van der Waals surface area contributed by atoms with Gasteiger partial charge in [-0.1, -0.05) is 23.2 Å². The molecule has 0 saturated carbocycles. The van der Waals surface area contributed by atoms with E-state index >= 15 is 0 Å². The molecule has 0 radical (unpaired) electrons. The van der Waals surface area contributed by atoms with Crippen LogP contribution in [0.2, 0.25) is 10.0 Å². The van der Waals surface area contributed by atoms with E-state index in [1.807, 2.05) is 0 Å². The Labute approximate surface area is 130 Å². The van der Waals surface area contributed by atoms with Crippen LogP contribution >= 0.6 is 23.2 Å². The van der Waals surface area contributed by atoms with Crippen LogP contribution in [0.5, 0.6) is 0 Å². The highest BCUT2D eigenvalue weighted by atomic mass is 35.5. The first-order valence-corrected chi connectivity index (χ1v) is 6.60.